The number of carbonyl (C=O) groups excluding carboxylic acids is 1. The molecule has 0 aliphatic carbocycles. The molecule has 1 aromatic carbocycles. The summed E-state index contributed by atoms with van der Waals surface area (Å²) < 4.78 is 0. The molecular weight excluding hydrogens is 236 g/mol. The fourth-order valence-electron chi connectivity index (χ4n) is 1.97. The number of carbonyl (C=O) groups is 1. The Labute approximate surface area is 116 Å². The van der Waals surface area contributed by atoms with Gasteiger partial charge in [0, 0.05) is 6.04 Å². The van der Waals surface area contributed by atoms with Gasteiger partial charge in [0.2, 0.25) is 5.91 Å². The van der Waals surface area contributed by atoms with Crippen molar-refractivity contribution in [1.82, 2.24) is 5.32 Å². The van der Waals surface area contributed by atoms with E-state index in [1.807, 2.05) is 37.3 Å². The molecule has 0 aliphatic rings. The second-order valence-electron chi connectivity index (χ2n) is 5.68. The van der Waals surface area contributed by atoms with Crippen molar-refractivity contribution >= 4 is 5.91 Å². The van der Waals surface area contributed by atoms with Crippen molar-refractivity contribution in [1.29, 1.82) is 0 Å². The highest BCUT2D eigenvalue weighted by atomic mass is 16.2. The van der Waals surface area contributed by atoms with E-state index in [9.17, 15) is 4.79 Å². The monoisotopic (exact) mass is 262 g/mol. The zero-order valence-electron chi connectivity index (χ0n) is 12.2. The summed E-state index contributed by atoms with van der Waals surface area (Å²) in [6, 6.07) is 9.60. The second-order valence-corrected chi connectivity index (χ2v) is 5.68. The summed E-state index contributed by atoms with van der Waals surface area (Å²) >= 11 is 0. The first-order valence-corrected chi connectivity index (χ1v) is 7.09. The van der Waals surface area contributed by atoms with Crippen LogP contribution >= 0.6 is 0 Å². The number of nitrogens with one attached hydrogen (secondary N) is 1. The van der Waals surface area contributed by atoms with Gasteiger partial charge in [0.1, 0.15) is 0 Å². The summed E-state index contributed by atoms with van der Waals surface area (Å²) in [5.41, 5.74) is 7.04. The Morgan fingerprint density at radius 1 is 1.16 bits per heavy atom. The van der Waals surface area contributed by atoms with Gasteiger partial charge in [-0.15, -0.1) is 0 Å². The molecule has 106 valence electrons. The third kappa shape index (κ3) is 6.39. The summed E-state index contributed by atoms with van der Waals surface area (Å²) in [5.74, 6) is 0.609. The molecule has 1 aromatic rings. The Balaban J connectivity index is 2.36. The van der Waals surface area contributed by atoms with Gasteiger partial charge in [-0.05, 0) is 37.7 Å². The first-order valence-electron chi connectivity index (χ1n) is 7.09. The first kappa shape index (κ1) is 15.7. The molecule has 3 heteroatoms. The van der Waals surface area contributed by atoms with Crippen LogP contribution in [0.3, 0.4) is 0 Å². The minimum Gasteiger partial charge on any atom is -0.352 e. The van der Waals surface area contributed by atoms with Gasteiger partial charge in [-0.25, -0.2) is 0 Å². The number of amides is 1. The predicted octanol–water partition coefficient (Wildman–Crippen LogP) is 2.50. The molecule has 0 fully saturated rings. The molecule has 1 amide bonds. The molecule has 2 atom stereocenters. The van der Waals surface area contributed by atoms with E-state index in [1.165, 1.54) is 0 Å². The van der Waals surface area contributed by atoms with Crippen LogP contribution in [0.25, 0.3) is 0 Å². The predicted molar refractivity (Wildman–Crippen MR) is 79.8 cm³/mol. The van der Waals surface area contributed by atoms with Gasteiger partial charge >= 0.3 is 0 Å². The molecule has 0 heterocycles. The topological polar surface area (TPSA) is 55.1 Å². The van der Waals surface area contributed by atoms with E-state index in [4.69, 9.17) is 5.73 Å². The first-order chi connectivity index (χ1) is 8.99. The van der Waals surface area contributed by atoms with Crippen LogP contribution in [0, 0.1) is 5.92 Å². The van der Waals surface area contributed by atoms with E-state index >= 15 is 0 Å². The van der Waals surface area contributed by atoms with E-state index in [1.54, 1.807) is 0 Å². The maximum Gasteiger partial charge on any atom is 0.237 e. The smallest absolute Gasteiger partial charge is 0.237 e. The van der Waals surface area contributed by atoms with Gasteiger partial charge in [-0.1, -0.05) is 44.2 Å². The molecule has 0 aliphatic heterocycles. The molecule has 1 rings (SSSR count). The average molecular weight is 262 g/mol. The molecule has 1 unspecified atom stereocenters. The van der Waals surface area contributed by atoms with Crippen molar-refractivity contribution < 1.29 is 4.79 Å². The maximum absolute atomic E-state index is 12.0. The van der Waals surface area contributed by atoms with E-state index in [-0.39, 0.29) is 11.9 Å². The molecule has 3 nitrogen and oxygen atoms in total. The molecule has 0 radical (unpaired) electrons. The highest BCUT2D eigenvalue weighted by Crippen LogP contribution is 2.07. The molecule has 0 spiro atoms. The largest absolute Gasteiger partial charge is 0.352 e. The van der Waals surface area contributed by atoms with E-state index in [2.05, 4.69) is 19.2 Å². The highest BCUT2D eigenvalue weighted by molar-refractivity contribution is 5.82. The van der Waals surface area contributed by atoms with Gasteiger partial charge in [0.15, 0.2) is 0 Å². The number of benzene rings is 1. The summed E-state index contributed by atoms with van der Waals surface area (Å²) in [7, 11) is 0. The van der Waals surface area contributed by atoms with Gasteiger partial charge in [-0.3, -0.25) is 4.79 Å². The number of hydrogen-bond donors (Lipinski definition) is 2. The van der Waals surface area contributed by atoms with Crippen LogP contribution in [0.15, 0.2) is 30.3 Å². The molecule has 0 saturated heterocycles. The van der Waals surface area contributed by atoms with Crippen molar-refractivity contribution in [3.05, 3.63) is 35.9 Å². The normalized spacial score (nSPS) is 14.2. The number of rotatable bonds is 7. The Morgan fingerprint density at radius 3 is 2.37 bits per heavy atom. The van der Waals surface area contributed by atoms with Crippen molar-refractivity contribution in [3.8, 4) is 0 Å². The van der Waals surface area contributed by atoms with Gasteiger partial charge < -0.3 is 11.1 Å². The number of hydrogen-bond acceptors (Lipinski definition) is 2. The van der Waals surface area contributed by atoms with Gasteiger partial charge in [0.25, 0.3) is 0 Å². The lowest BCUT2D eigenvalue weighted by atomic mass is 10.0. The number of nitrogens with two attached hydrogens (primary N) is 1. The fraction of sp³-hybridized carbons (Fsp3) is 0.562. The summed E-state index contributed by atoms with van der Waals surface area (Å²) in [5, 5.41) is 2.99. The van der Waals surface area contributed by atoms with E-state index in [0.717, 1.165) is 18.4 Å². The van der Waals surface area contributed by atoms with Crippen molar-refractivity contribution in [2.24, 2.45) is 11.7 Å². The Hall–Kier alpha value is -1.35. The molecule has 0 aromatic heterocycles. The molecular formula is C16H26N2O. The fourth-order valence-corrected chi connectivity index (χ4v) is 1.97. The molecule has 0 bridgehead atoms. The van der Waals surface area contributed by atoms with Crippen molar-refractivity contribution in [2.45, 2.75) is 52.1 Å². The lowest BCUT2D eigenvalue weighted by Gasteiger charge is -2.18. The maximum atomic E-state index is 12.0. The van der Waals surface area contributed by atoms with Crippen LogP contribution in [0.4, 0.5) is 0 Å². The van der Waals surface area contributed by atoms with Gasteiger partial charge in [0.05, 0.1) is 6.04 Å². The SMILES string of the molecule is CC(C)CCC(C)NC(=O)[C@@H](N)Cc1ccccc1. The summed E-state index contributed by atoms with van der Waals surface area (Å²) in [6.07, 6.45) is 2.71. The summed E-state index contributed by atoms with van der Waals surface area (Å²) in [4.78, 5) is 12.0. The van der Waals surface area contributed by atoms with Crippen LogP contribution in [0.5, 0.6) is 0 Å². The third-order valence-electron chi connectivity index (χ3n) is 3.20. The van der Waals surface area contributed by atoms with Crippen LogP contribution in [-0.4, -0.2) is 18.0 Å². The minimum atomic E-state index is -0.469. The van der Waals surface area contributed by atoms with E-state index in [0.29, 0.717) is 12.3 Å². The zero-order valence-corrected chi connectivity index (χ0v) is 12.2. The Morgan fingerprint density at radius 2 is 1.79 bits per heavy atom. The third-order valence-corrected chi connectivity index (χ3v) is 3.20. The van der Waals surface area contributed by atoms with E-state index < -0.39 is 6.04 Å². The minimum absolute atomic E-state index is 0.0555. The Bertz CT molecular complexity index is 376. The van der Waals surface area contributed by atoms with Crippen LogP contribution in [0.2, 0.25) is 0 Å². The highest BCUT2D eigenvalue weighted by Gasteiger charge is 2.16. The second kappa shape index (κ2) is 7.95. The van der Waals surface area contributed by atoms with Gasteiger partial charge in [-0.2, -0.15) is 0 Å². The van der Waals surface area contributed by atoms with Crippen LogP contribution < -0.4 is 11.1 Å². The Kier molecular flexibility index (Phi) is 6.57. The van der Waals surface area contributed by atoms with Crippen LogP contribution in [0.1, 0.15) is 39.2 Å². The van der Waals surface area contributed by atoms with Crippen molar-refractivity contribution in [3.63, 3.8) is 0 Å². The quantitative estimate of drug-likeness (QED) is 0.793. The average Bonchev–Trinajstić information content (AvgIpc) is 2.37. The zero-order chi connectivity index (χ0) is 14.3. The molecule has 19 heavy (non-hydrogen) atoms. The lowest BCUT2D eigenvalue weighted by Crippen LogP contribution is -2.45. The summed E-state index contributed by atoms with van der Waals surface area (Å²) in [6.45, 7) is 6.42. The standard InChI is InChI=1S/C16H26N2O/c1-12(2)9-10-13(3)18-16(19)15(17)11-14-7-5-4-6-8-14/h4-8,12-13,15H,9-11,17H2,1-3H3,(H,18,19)/t13?,15-/m0/s1. The molecule has 3 N–H and O–H groups in total. The molecule has 0 saturated carbocycles. The van der Waals surface area contributed by atoms with Crippen LogP contribution in [-0.2, 0) is 11.2 Å². The van der Waals surface area contributed by atoms with Crippen molar-refractivity contribution in [2.75, 3.05) is 0 Å². The lowest BCUT2D eigenvalue weighted by molar-refractivity contribution is -0.123.